The molecule has 0 aliphatic carbocycles. The quantitative estimate of drug-likeness (QED) is 0.601. The average molecular weight is 261 g/mol. The Labute approximate surface area is 90.2 Å². The normalized spacial score (nSPS) is 10.1. The van der Waals surface area contributed by atoms with Crippen LogP contribution in [-0.4, -0.2) is 19.6 Å². The van der Waals surface area contributed by atoms with Crippen molar-refractivity contribution in [2.45, 2.75) is 6.61 Å². The zero-order chi connectivity index (χ0) is 10.4. The van der Waals surface area contributed by atoms with Crippen molar-refractivity contribution in [3.05, 3.63) is 33.8 Å². The van der Waals surface area contributed by atoms with Crippen molar-refractivity contribution in [2.75, 3.05) is 13.3 Å². The second kappa shape index (κ2) is 5.88. The van der Waals surface area contributed by atoms with Gasteiger partial charge in [0.05, 0.1) is 13.2 Å². The number of alkyl halides is 1. The molecule has 0 N–H and O–H groups in total. The third-order valence-electron chi connectivity index (χ3n) is 1.68. The van der Waals surface area contributed by atoms with Crippen LogP contribution in [-0.2, 0) is 11.3 Å². The van der Waals surface area contributed by atoms with Crippen molar-refractivity contribution < 1.29 is 13.9 Å². The first-order valence-corrected chi connectivity index (χ1v) is 4.94. The number of hydrogen-bond acceptors (Lipinski definition) is 2. The van der Waals surface area contributed by atoms with Gasteiger partial charge in [-0.25, -0.2) is 4.39 Å². The summed E-state index contributed by atoms with van der Waals surface area (Å²) < 4.78 is 17.6. The van der Waals surface area contributed by atoms with Gasteiger partial charge in [0.1, 0.15) is 13.0 Å². The van der Waals surface area contributed by atoms with Crippen LogP contribution < -0.4 is 0 Å². The molecule has 2 nitrogen and oxygen atoms in total. The van der Waals surface area contributed by atoms with Crippen molar-refractivity contribution in [1.29, 1.82) is 0 Å². The van der Waals surface area contributed by atoms with Gasteiger partial charge in [0.15, 0.2) is 0 Å². The lowest BCUT2D eigenvalue weighted by Gasteiger charge is -2.05. The maximum Gasteiger partial charge on any atom is 0.150 e. The molecule has 0 fully saturated rings. The Morgan fingerprint density at radius 3 is 2.93 bits per heavy atom. The number of benzene rings is 1. The lowest BCUT2D eigenvalue weighted by molar-refractivity contribution is 0.106. The van der Waals surface area contributed by atoms with Gasteiger partial charge in [-0.3, -0.25) is 4.79 Å². The van der Waals surface area contributed by atoms with E-state index in [0.717, 1.165) is 16.3 Å². The average Bonchev–Trinajstić information content (AvgIpc) is 2.21. The number of halogens is 2. The molecule has 0 heterocycles. The van der Waals surface area contributed by atoms with Gasteiger partial charge in [0, 0.05) is 10.0 Å². The number of carbonyl (C=O) groups excluding carboxylic acids is 1. The molecule has 1 aromatic rings. The van der Waals surface area contributed by atoms with E-state index in [1.165, 1.54) is 0 Å². The zero-order valence-corrected chi connectivity index (χ0v) is 9.09. The molecule has 0 radical (unpaired) electrons. The van der Waals surface area contributed by atoms with E-state index in [2.05, 4.69) is 15.9 Å². The first-order chi connectivity index (χ1) is 6.77. The molecule has 14 heavy (non-hydrogen) atoms. The monoisotopic (exact) mass is 260 g/mol. The van der Waals surface area contributed by atoms with Gasteiger partial charge in [0.2, 0.25) is 0 Å². The fraction of sp³-hybridized carbons (Fsp3) is 0.300. The van der Waals surface area contributed by atoms with E-state index in [1.807, 2.05) is 0 Å². The largest absolute Gasteiger partial charge is 0.374 e. The SMILES string of the molecule is O=Cc1ccc(Br)c(COCCF)c1. The molecule has 0 saturated carbocycles. The standard InChI is InChI=1S/C10H10BrFO2/c11-10-2-1-8(6-13)5-9(10)7-14-4-3-12/h1-2,5-6H,3-4,7H2. The summed E-state index contributed by atoms with van der Waals surface area (Å²) >= 11 is 3.32. The van der Waals surface area contributed by atoms with Gasteiger partial charge in [-0.1, -0.05) is 22.0 Å². The van der Waals surface area contributed by atoms with Gasteiger partial charge >= 0.3 is 0 Å². The summed E-state index contributed by atoms with van der Waals surface area (Å²) in [5.74, 6) is 0. The summed E-state index contributed by atoms with van der Waals surface area (Å²) in [4.78, 5) is 10.5. The van der Waals surface area contributed by atoms with Crippen LogP contribution in [0.5, 0.6) is 0 Å². The van der Waals surface area contributed by atoms with Gasteiger partial charge < -0.3 is 4.74 Å². The summed E-state index contributed by atoms with van der Waals surface area (Å²) in [5, 5.41) is 0. The zero-order valence-electron chi connectivity index (χ0n) is 7.50. The predicted octanol–water partition coefficient (Wildman–Crippen LogP) is 2.75. The minimum atomic E-state index is -0.495. The lowest BCUT2D eigenvalue weighted by Crippen LogP contribution is -1.98. The molecule has 1 aromatic carbocycles. The first-order valence-electron chi connectivity index (χ1n) is 4.15. The fourth-order valence-electron chi connectivity index (χ4n) is 1.02. The van der Waals surface area contributed by atoms with E-state index < -0.39 is 6.67 Å². The predicted molar refractivity (Wildman–Crippen MR) is 55.2 cm³/mol. The third-order valence-corrected chi connectivity index (χ3v) is 2.46. The highest BCUT2D eigenvalue weighted by Crippen LogP contribution is 2.18. The maximum atomic E-state index is 11.7. The molecule has 4 heteroatoms. The van der Waals surface area contributed by atoms with Gasteiger partial charge in [-0.05, 0) is 17.7 Å². The molecule has 0 aliphatic heterocycles. The third kappa shape index (κ3) is 3.20. The van der Waals surface area contributed by atoms with Crippen LogP contribution in [0.1, 0.15) is 15.9 Å². The second-order valence-corrected chi connectivity index (χ2v) is 3.56. The van der Waals surface area contributed by atoms with Crippen LogP contribution in [0.15, 0.2) is 22.7 Å². The highest BCUT2D eigenvalue weighted by molar-refractivity contribution is 9.10. The van der Waals surface area contributed by atoms with E-state index in [1.54, 1.807) is 18.2 Å². The van der Waals surface area contributed by atoms with Crippen LogP contribution in [0.25, 0.3) is 0 Å². The second-order valence-electron chi connectivity index (χ2n) is 2.71. The topological polar surface area (TPSA) is 26.3 Å². The van der Waals surface area contributed by atoms with Crippen molar-refractivity contribution in [3.8, 4) is 0 Å². The highest BCUT2D eigenvalue weighted by Gasteiger charge is 2.01. The minimum Gasteiger partial charge on any atom is -0.374 e. The molecular weight excluding hydrogens is 251 g/mol. The molecular formula is C10H10BrFO2. The van der Waals surface area contributed by atoms with Crippen molar-refractivity contribution in [2.24, 2.45) is 0 Å². The van der Waals surface area contributed by atoms with E-state index in [0.29, 0.717) is 12.2 Å². The fourth-order valence-corrected chi connectivity index (χ4v) is 1.38. The van der Waals surface area contributed by atoms with Crippen LogP contribution in [0.2, 0.25) is 0 Å². The summed E-state index contributed by atoms with van der Waals surface area (Å²) in [6.45, 7) is -0.102. The van der Waals surface area contributed by atoms with Gasteiger partial charge in [-0.2, -0.15) is 0 Å². The molecule has 1 rings (SSSR count). The molecule has 0 aromatic heterocycles. The van der Waals surface area contributed by atoms with Crippen LogP contribution in [0.4, 0.5) is 4.39 Å². The molecule has 76 valence electrons. The van der Waals surface area contributed by atoms with Crippen molar-refractivity contribution in [1.82, 2.24) is 0 Å². The van der Waals surface area contributed by atoms with Crippen molar-refractivity contribution in [3.63, 3.8) is 0 Å². The Bertz CT molecular complexity index is 315. The van der Waals surface area contributed by atoms with Crippen LogP contribution in [0, 0.1) is 0 Å². The molecule has 0 aliphatic rings. The summed E-state index contributed by atoms with van der Waals surface area (Å²) in [5.41, 5.74) is 1.44. The molecule has 0 atom stereocenters. The number of aldehydes is 1. The lowest BCUT2D eigenvalue weighted by atomic mass is 10.1. The molecule has 0 saturated heterocycles. The smallest absolute Gasteiger partial charge is 0.150 e. The van der Waals surface area contributed by atoms with Gasteiger partial charge in [0.25, 0.3) is 0 Å². The number of rotatable bonds is 5. The Balaban J connectivity index is 2.68. The maximum absolute atomic E-state index is 11.7. The van der Waals surface area contributed by atoms with E-state index >= 15 is 0 Å². The summed E-state index contributed by atoms with van der Waals surface area (Å²) in [7, 11) is 0. The Hall–Kier alpha value is -0.740. The Morgan fingerprint density at radius 1 is 1.50 bits per heavy atom. The van der Waals surface area contributed by atoms with Gasteiger partial charge in [-0.15, -0.1) is 0 Å². The summed E-state index contributed by atoms with van der Waals surface area (Å²) in [6, 6.07) is 5.20. The first kappa shape index (κ1) is 11.3. The summed E-state index contributed by atoms with van der Waals surface area (Å²) in [6.07, 6.45) is 0.769. The van der Waals surface area contributed by atoms with E-state index in [9.17, 15) is 9.18 Å². The number of hydrogen-bond donors (Lipinski definition) is 0. The number of ether oxygens (including phenoxy) is 1. The van der Waals surface area contributed by atoms with Crippen LogP contribution in [0.3, 0.4) is 0 Å². The van der Waals surface area contributed by atoms with E-state index in [4.69, 9.17) is 4.74 Å². The van der Waals surface area contributed by atoms with E-state index in [-0.39, 0.29) is 6.61 Å². The molecule has 0 amide bonds. The van der Waals surface area contributed by atoms with Crippen LogP contribution >= 0.6 is 15.9 Å². The molecule has 0 unspecified atom stereocenters. The van der Waals surface area contributed by atoms with Crippen molar-refractivity contribution >= 4 is 22.2 Å². The Morgan fingerprint density at radius 2 is 2.29 bits per heavy atom. The highest BCUT2D eigenvalue weighted by atomic mass is 79.9. The molecule has 0 bridgehead atoms. The minimum absolute atomic E-state index is 0.0811. The number of carbonyl (C=O) groups is 1. The Kier molecular flexibility index (Phi) is 4.76. The molecule has 0 spiro atoms.